The van der Waals surface area contributed by atoms with Crippen LogP contribution in [0.2, 0.25) is 0 Å². The van der Waals surface area contributed by atoms with Crippen LogP contribution in [0.4, 0.5) is 0 Å². The van der Waals surface area contributed by atoms with Crippen LogP contribution >= 0.6 is 11.3 Å². The Morgan fingerprint density at radius 3 is 2.60 bits per heavy atom. The third-order valence-corrected chi connectivity index (χ3v) is 4.48. The van der Waals surface area contributed by atoms with Crippen molar-refractivity contribution in [3.63, 3.8) is 0 Å². The first-order valence-electron chi connectivity index (χ1n) is 6.92. The summed E-state index contributed by atoms with van der Waals surface area (Å²) in [7, 11) is 0. The van der Waals surface area contributed by atoms with Gasteiger partial charge in [-0.15, -0.1) is 11.3 Å². The second kappa shape index (κ2) is 5.87. The van der Waals surface area contributed by atoms with Crippen LogP contribution in [0, 0.1) is 26.7 Å². The number of thiophene rings is 1. The maximum atomic E-state index is 12.3. The lowest BCUT2D eigenvalue weighted by Gasteiger charge is -2.06. The molecule has 0 spiro atoms. The normalized spacial score (nSPS) is 11.3. The first-order valence-corrected chi connectivity index (χ1v) is 7.74. The molecular formula is C15H21N3OS. The van der Waals surface area contributed by atoms with E-state index in [2.05, 4.69) is 29.1 Å². The number of rotatable bonds is 4. The van der Waals surface area contributed by atoms with Crippen LogP contribution in [-0.2, 0) is 0 Å². The van der Waals surface area contributed by atoms with E-state index in [1.54, 1.807) is 0 Å². The van der Waals surface area contributed by atoms with E-state index in [9.17, 15) is 4.79 Å². The summed E-state index contributed by atoms with van der Waals surface area (Å²) in [6.45, 7) is 10.8. The van der Waals surface area contributed by atoms with Gasteiger partial charge in [0.25, 0.3) is 5.91 Å². The highest BCUT2D eigenvalue weighted by Gasteiger charge is 2.18. The predicted octanol–water partition coefficient (Wildman–Crippen LogP) is 3.39. The molecule has 0 saturated carbocycles. The molecule has 2 aromatic rings. The van der Waals surface area contributed by atoms with E-state index in [1.165, 1.54) is 11.3 Å². The molecule has 0 aliphatic heterocycles. The molecule has 4 nitrogen and oxygen atoms in total. The number of fused-ring (bicyclic) bond motifs is 1. The number of aryl methyl sites for hydroxylation is 3. The fourth-order valence-corrected chi connectivity index (χ4v) is 3.44. The van der Waals surface area contributed by atoms with Crippen molar-refractivity contribution < 1.29 is 4.79 Å². The van der Waals surface area contributed by atoms with Crippen molar-refractivity contribution in [1.29, 1.82) is 0 Å². The fraction of sp³-hybridized carbons (Fsp3) is 0.533. The molecule has 2 aromatic heterocycles. The summed E-state index contributed by atoms with van der Waals surface area (Å²) in [4.78, 5) is 22.7. The summed E-state index contributed by atoms with van der Waals surface area (Å²) in [5.41, 5.74) is 1.94. The van der Waals surface area contributed by atoms with Gasteiger partial charge in [-0.1, -0.05) is 13.8 Å². The number of hydrogen-bond donors (Lipinski definition) is 1. The molecule has 0 bridgehead atoms. The standard InChI is InChI=1S/C15H21N3OS/c1-8(2)6-7-16-14(19)13-9(3)12-10(4)17-11(5)18-15(12)20-13/h8H,6-7H2,1-5H3,(H,16,19). The minimum atomic E-state index is 0.00297. The van der Waals surface area contributed by atoms with E-state index >= 15 is 0 Å². The number of nitrogens with one attached hydrogen (secondary N) is 1. The Bertz CT molecular complexity index is 646. The molecular weight excluding hydrogens is 270 g/mol. The maximum absolute atomic E-state index is 12.3. The molecule has 1 N–H and O–H groups in total. The van der Waals surface area contributed by atoms with Crippen molar-refractivity contribution in [2.24, 2.45) is 5.92 Å². The number of nitrogens with zero attached hydrogens (tertiary/aromatic N) is 2. The van der Waals surface area contributed by atoms with Gasteiger partial charge in [-0.3, -0.25) is 4.79 Å². The molecule has 0 aromatic carbocycles. The van der Waals surface area contributed by atoms with E-state index in [0.717, 1.165) is 38.6 Å². The lowest BCUT2D eigenvalue weighted by molar-refractivity contribution is 0.0955. The van der Waals surface area contributed by atoms with Gasteiger partial charge < -0.3 is 5.32 Å². The van der Waals surface area contributed by atoms with Gasteiger partial charge in [0, 0.05) is 17.6 Å². The van der Waals surface area contributed by atoms with Crippen molar-refractivity contribution in [3.05, 3.63) is 22.0 Å². The molecule has 2 heterocycles. The van der Waals surface area contributed by atoms with Gasteiger partial charge in [-0.25, -0.2) is 9.97 Å². The average molecular weight is 291 g/mol. The number of carbonyl (C=O) groups excluding carboxylic acids is 1. The molecule has 2 rings (SSSR count). The molecule has 0 unspecified atom stereocenters. The molecule has 0 aliphatic rings. The second-order valence-corrected chi connectivity index (χ2v) is 6.53. The van der Waals surface area contributed by atoms with Gasteiger partial charge in [0.1, 0.15) is 10.7 Å². The monoisotopic (exact) mass is 291 g/mol. The predicted molar refractivity (Wildman–Crippen MR) is 83.4 cm³/mol. The highest BCUT2D eigenvalue weighted by molar-refractivity contribution is 7.20. The zero-order chi connectivity index (χ0) is 14.9. The number of amides is 1. The Hall–Kier alpha value is -1.49. The first kappa shape index (κ1) is 14.9. The van der Waals surface area contributed by atoms with E-state index in [0.29, 0.717) is 12.5 Å². The van der Waals surface area contributed by atoms with E-state index in [1.807, 2.05) is 20.8 Å². The van der Waals surface area contributed by atoms with Crippen molar-refractivity contribution in [2.45, 2.75) is 41.0 Å². The Kier molecular flexibility index (Phi) is 4.38. The SMILES string of the molecule is Cc1nc(C)c2c(C)c(C(=O)NCCC(C)C)sc2n1. The third kappa shape index (κ3) is 2.98. The first-order chi connectivity index (χ1) is 9.40. The summed E-state index contributed by atoms with van der Waals surface area (Å²) in [5, 5.41) is 4.01. The van der Waals surface area contributed by atoms with Crippen molar-refractivity contribution in [2.75, 3.05) is 6.54 Å². The number of aromatic nitrogens is 2. The quantitative estimate of drug-likeness (QED) is 0.939. The van der Waals surface area contributed by atoms with Crippen LogP contribution in [0.15, 0.2) is 0 Å². The largest absolute Gasteiger partial charge is 0.351 e. The Labute approximate surface area is 123 Å². The molecule has 0 saturated heterocycles. The molecule has 1 amide bonds. The van der Waals surface area contributed by atoms with Crippen molar-refractivity contribution >= 4 is 27.5 Å². The maximum Gasteiger partial charge on any atom is 0.261 e. The van der Waals surface area contributed by atoms with Gasteiger partial charge in [-0.05, 0) is 38.7 Å². The summed E-state index contributed by atoms with van der Waals surface area (Å²) < 4.78 is 0. The van der Waals surface area contributed by atoms with Crippen LogP contribution in [0.5, 0.6) is 0 Å². The second-order valence-electron chi connectivity index (χ2n) is 5.53. The van der Waals surface area contributed by atoms with Crippen molar-refractivity contribution in [1.82, 2.24) is 15.3 Å². The van der Waals surface area contributed by atoms with Gasteiger partial charge in [0.15, 0.2) is 0 Å². The molecule has 0 aliphatic carbocycles. The van der Waals surface area contributed by atoms with E-state index in [-0.39, 0.29) is 5.91 Å². The minimum absolute atomic E-state index is 0.00297. The molecule has 0 fully saturated rings. The molecule has 5 heteroatoms. The number of hydrogen-bond acceptors (Lipinski definition) is 4. The average Bonchev–Trinajstić information content (AvgIpc) is 2.65. The Balaban J connectivity index is 2.29. The fourth-order valence-electron chi connectivity index (χ4n) is 2.24. The lowest BCUT2D eigenvalue weighted by atomic mass is 10.1. The van der Waals surface area contributed by atoms with Crippen LogP contribution in [0.3, 0.4) is 0 Å². The van der Waals surface area contributed by atoms with Gasteiger partial charge in [-0.2, -0.15) is 0 Å². The van der Waals surface area contributed by atoms with E-state index < -0.39 is 0 Å². The lowest BCUT2D eigenvalue weighted by Crippen LogP contribution is -2.25. The number of carbonyl (C=O) groups is 1. The molecule has 0 radical (unpaired) electrons. The van der Waals surface area contributed by atoms with Gasteiger partial charge in [0.05, 0.1) is 4.88 Å². The van der Waals surface area contributed by atoms with Gasteiger partial charge >= 0.3 is 0 Å². The zero-order valence-corrected chi connectivity index (χ0v) is 13.5. The van der Waals surface area contributed by atoms with Gasteiger partial charge in [0.2, 0.25) is 0 Å². The summed E-state index contributed by atoms with van der Waals surface area (Å²) in [6, 6.07) is 0. The van der Waals surface area contributed by atoms with Crippen LogP contribution < -0.4 is 5.32 Å². The van der Waals surface area contributed by atoms with Crippen molar-refractivity contribution in [3.8, 4) is 0 Å². The van der Waals surface area contributed by atoms with E-state index in [4.69, 9.17) is 0 Å². The minimum Gasteiger partial charge on any atom is -0.351 e. The zero-order valence-electron chi connectivity index (χ0n) is 12.7. The van der Waals surface area contributed by atoms with Crippen LogP contribution in [0.1, 0.15) is 47.0 Å². The summed E-state index contributed by atoms with van der Waals surface area (Å²) >= 11 is 1.46. The Morgan fingerprint density at radius 2 is 1.95 bits per heavy atom. The summed E-state index contributed by atoms with van der Waals surface area (Å²) in [6.07, 6.45) is 0.994. The smallest absolute Gasteiger partial charge is 0.261 e. The highest BCUT2D eigenvalue weighted by Crippen LogP contribution is 2.31. The van der Waals surface area contributed by atoms with Crippen LogP contribution in [-0.4, -0.2) is 22.4 Å². The topological polar surface area (TPSA) is 54.9 Å². The summed E-state index contributed by atoms with van der Waals surface area (Å²) in [5.74, 6) is 1.35. The van der Waals surface area contributed by atoms with Crippen LogP contribution in [0.25, 0.3) is 10.2 Å². The third-order valence-electron chi connectivity index (χ3n) is 3.30. The highest BCUT2D eigenvalue weighted by atomic mass is 32.1. The molecule has 0 atom stereocenters. The Morgan fingerprint density at radius 1 is 1.25 bits per heavy atom. The molecule has 108 valence electrons. The molecule has 20 heavy (non-hydrogen) atoms.